The molecule has 3 aromatic heterocycles. The lowest BCUT2D eigenvalue weighted by molar-refractivity contribution is 0.0935. The number of furan rings is 1. The van der Waals surface area contributed by atoms with Crippen LogP contribution in [0.4, 0.5) is 0 Å². The molecule has 0 aliphatic heterocycles. The van der Waals surface area contributed by atoms with Gasteiger partial charge in [0.25, 0.3) is 5.91 Å². The van der Waals surface area contributed by atoms with E-state index >= 15 is 0 Å². The van der Waals surface area contributed by atoms with Gasteiger partial charge >= 0.3 is 0 Å². The monoisotopic (exact) mass is 299 g/mol. The van der Waals surface area contributed by atoms with Crippen LogP contribution in [0.15, 0.2) is 52.7 Å². The summed E-state index contributed by atoms with van der Waals surface area (Å²) < 4.78 is 5.27. The summed E-state index contributed by atoms with van der Waals surface area (Å²) in [5, 5.41) is 5.34. The van der Waals surface area contributed by atoms with Crippen molar-refractivity contribution in [3.8, 4) is 10.8 Å². The number of carbonyl (C=O) groups excluding carboxylic acids is 1. The number of carbonyl (C=O) groups is 1. The van der Waals surface area contributed by atoms with Gasteiger partial charge in [0.2, 0.25) is 0 Å². The van der Waals surface area contributed by atoms with Gasteiger partial charge in [0.05, 0.1) is 12.3 Å². The first-order valence-electron chi connectivity index (χ1n) is 6.44. The zero-order valence-electron chi connectivity index (χ0n) is 11.3. The van der Waals surface area contributed by atoms with E-state index in [1.54, 1.807) is 30.1 Å². The molecule has 0 saturated heterocycles. The van der Waals surface area contributed by atoms with E-state index in [4.69, 9.17) is 4.42 Å². The third-order valence-electron chi connectivity index (χ3n) is 3.02. The first kappa shape index (κ1) is 13.5. The van der Waals surface area contributed by atoms with E-state index in [1.807, 2.05) is 25.1 Å². The van der Waals surface area contributed by atoms with E-state index in [2.05, 4.69) is 15.3 Å². The summed E-state index contributed by atoms with van der Waals surface area (Å²) in [4.78, 5) is 20.5. The average molecular weight is 299 g/mol. The fraction of sp³-hybridized carbons (Fsp3) is 0.133. The molecular weight excluding hydrogens is 286 g/mol. The maximum absolute atomic E-state index is 12.2. The standard InChI is InChI=1S/C15H13N3O2S/c1-10(11-4-6-16-7-5-11)17-14(19)12-9-21-15(18-12)13-3-2-8-20-13/h2-10H,1H3,(H,17,19). The summed E-state index contributed by atoms with van der Waals surface area (Å²) in [5.74, 6) is 0.467. The van der Waals surface area contributed by atoms with Crippen LogP contribution in [0, 0.1) is 0 Å². The molecule has 3 aromatic rings. The van der Waals surface area contributed by atoms with Crippen molar-refractivity contribution >= 4 is 17.2 Å². The Morgan fingerprint density at radius 1 is 1.33 bits per heavy atom. The Balaban J connectivity index is 1.71. The quantitative estimate of drug-likeness (QED) is 0.802. The fourth-order valence-electron chi connectivity index (χ4n) is 1.90. The summed E-state index contributed by atoms with van der Waals surface area (Å²) in [6, 6.07) is 7.26. The van der Waals surface area contributed by atoms with Gasteiger partial charge in [-0.3, -0.25) is 9.78 Å². The Morgan fingerprint density at radius 2 is 2.14 bits per heavy atom. The van der Waals surface area contributed by atoms with Crippen molar-refractivity contribution in [2.45, 2.75) is 13.0 Å². The van der Waals surface area contributed by atoms with E-state index in [-0.39, 0.29) is 11.9 Å². The Labute approximate surface area is 125 Å². The topological polar surface area (TPSA) is 68.0 Å². The molecule has 0 aromatic carbocycles. The Morgan fingerprint density at radius 3 is 2.86 bits per heavy atom. The molecule has 0 saturated carbocycles. The second-order valence-electron chi connectivity index (χ2n) is 4.49. The molecule has 1 unspecified atom stereocenters. The highest BCUT2D eigenvalue weighted by Crippen LogP contribution is 2.24. The van der Waals surface area contributed by atoms with Crippen LogP contribution in [0.25, 0.3) is 10.8 Å². The van der Waals surface area contributed by atoms with Crippen LogP contribution in [0.2, 0.25) is 0 Å². The maximum Gasteiger partial charge on any atom is 0.271 e. The summed E-state index contributed by atoms with van der Waals surface area (Å²) in [5.41, 5.74) is 1.40. The zero-order chi connectivity index (χ0) is 14.7. The van der Waals surface area contributed by atoms with Crippen LogP contribution in [0.3, 0.4) is 0 Å². The zero-order valence-corrected chi connectivity index (χ0v) is 12.1. The van der Waals surface area contributed by atoms with Crippen molar-refractivity contribution in [1.82, 2.24) is 15.3 Å². The highest BCUT2D eigenvalue weighted by molar-refractivity contribution is 7.13. The number of hydrogen-bond donors (Lipinski definition) is 1. The third kappa shape index (κ3) is 3.00. The predicted octanol–water partition coefficient (Wildman–Crippen LogP) is 3.29. The molecule has 5 nitrogen and oxygen atoms in total. The molecule has 3 rings (SSSR count). The van der Waals surface area contributed by atoms with Gasteiger partial charge in [0, 0.05) is 17.8 Å². The van der Waals surface area contributed by atoms with Crippen LogP contribution >= 0.6 is 11.3 Å². The third-order valence-corrected chi connectivity index (χ3v) is 3.88. The minimum atomic E-state index is -0.201. The molecular formula is C15H13N3O2S. The van der Waals surface area contributed by atoms with Crippen LogP contribution in [0.1, 0.15) is 29.0 Å². The molecule has 1 atom stereocenters. The lowest BCUT2D eigenvalue weighted by Gasteiger charge is -2.12. The van der Waals surface area contributed by atoms with E-state index in [1.165, 1.54) is 11.3 Å². The Kier molecular flexibility index (Phi) is 3.79. The van der Waals surface area contributed by atoms with Gasteiger partial charge in [-0.15, -0.1) is 11.3 Å². The molecule has 0 aliphatic carbocycles. The first-order chi connectivity index (χ1) is 10.2. The van der Waals surface area contributed by atoms with Gasteiger partial charge < -0.3 is 9.73 Å². The molecule has 1 N–H and O–H groups in total. The van der Waals surface area contributed by atoms with Gasteiger partial charge in [-0.25, -0.2) is 4.98 Å². The van der Waals surface area contributed by atoms with Crippen molar-refractivity contribution < 1.29 is 9.21 Å². The number of aromatic nitrogens is 2. The van der Waals surface area contributed by atoms with E-state index in [9.17, 15) is 4.79 Å². The Hall–Kier alpha value is -2.47. The predicted molar refractivity (Wildman–Crippen MR) is 79.9 cm³/mol. The smallest absolute Gasteiger partial charge is 0.271 e. The minimum Gasteiger partial charge on any atom is -0.462 e. The van der Waals surface area contributed by atoms with E-state index < -0.39 is 0 Å². The number of hydrogen-bond acceptors (Lipinski definition) is 5. The molecule has 0 bridgehead atoms. The second kappa shape index (κ2) is 5.88. The molecule has 0 radical (unpaired) electrons. The molecule has 0 spiro atoms. The van der Waals surface area contributed by atoms with Gasteiger partial charge in [-0.05, 0) is 36.8 Å². The largest absolute Gasteiger partial charge is 0.462 e. The summed E-state index contributed by atoms with van der Waals surface area (Å²) >= 11 is 1.38. The minimum absolute atomic E-state index is 0.103. The lowest BCUT2D eigenvalue weighted by Crippen LogP contribution is -2.26. The molecule has 3 heterocycles. The number of thiazole rings is 1. The van der Waals surface area contributed by atoms with Crippen molar-refractivity contribution in [1.29, 1.82) is 0 Å². The lowest BCUT2D eigenvalue weighted by atomic mass is 10.1. The van der Waals surface area contributed by atoms with Crippen molar-refractivity contribution in [3.63, 3.8) is 0 Å². The highest BCUT2D eigenvalue weighted by atomic mass is 32.1. The summed E-state index contributed by atoms with van der Waals surface area (Å²) in [6.07, 6.45) is 4.99. The van der Waals surface area contributed by atoms with E-state index in [0.29, 0.717) is 16.5 Å². The molecule has 6 heteroatoms. The van der Waals surface area contributed by atoms with Gasteiger partial charge in [-0.1, -0.05) is 0 Å². The van der Waals surface area contributed by atoms with Crippen molar-refractivity contribution in [2.24, 2.45) is 0 Å². The molecule has 21 heavy (non-hydrogen) atoms. The van der Waals surface area contributed by atoms with E-state index in [0.717, 1.165) is 5.56 Å². The normalized spacial score (nSPS) is 12.0. The first-order valence-corrected chi connectivity index (χ1v) is 7.32. The fourth-order valence-corrected chi connectivity index (χ4v) is 2.66. The maximum atomic E-state index is 12.2. The highest BCUT2D eigenvalue weighted by Gasteiger charge is 2.15. The van der Waals surface area contributed by atoms with Crippen molar-refractivity contribution in [2.75, 3.05) is 0 Å². The van der Waals surface area contributed by atoms with Gasteiger partial charge in [0.15, 0.2) is 10.8 Å². The second-order valence-corrected chi connectivity index (χ2v) is 5.35. The SMILES string of the molecule is CC(NC(=O)c1csc(-c2ccco2)n1)c1ccncc1. The van der Waals surface area contributed by atoms with Crippen molar-refractivity contribution in [3.05, 3.63) is 59.6 Å². The summed E-state index contributed by atoms with van der Waals surface area (Å²) in [6.45, 7) is 1.92. The van der Waals surface area contributed by atoms with Crippen LogP contribution in [-0.4, -0.2) is 15.9 Å². The molecule has 0 aliphatic rings. The summed E-state index contributed by atoms with van der Waals surface area (Å²) in [7, 11) is 0. The van der Waals surface area contributed by atoms with Crippen LogP contribution < -0.4 is 5.32 Å². The number of nitrogens with one attached hydrogen (secondary N) is 1. The number of rotatable bonds is 4. The van der Waals surface area contributed by atoms with Crippen LogP contribution in [0.5, 0.6) is 0 Å². The number of nitrogens with zero attached hydrogens (tertiary/aromatic N) is 2. The van der Waals surface area contributed by atoms with Gasteiger partial charge in [0.1, 0.15) is 5.69 Å². The molecule has 0 fully saturated rings. The molecule has 1 amide bonds. The van der Waals surface area contributed by atoms with Gasteiger partial charge in [-0.2, -0.15) is 0 Å². The van der Waals surface area contributed by atoms with Crippen LogP contribution in [-0.2, 0) is 0 Å². The Bertz CT molecular complexity index is 722. The number of pyridine rings is 1. The number of amides is 1. The molecule has 106 valence electrons. The average Bonchev–Trinajstić information content (AvgIpc) is 3.19.